The number of likely N-dealkylation sites (N-methyl/N-ethyl adjacent to an activating group) is 1. The average Bonchev–Trinajstić information content (AvgIpc) is 3.20. The van der Waals surface area contributed by atoms with Gasteiger partial charge in [0.15, 0.2) is 0 Å². The van der Waals surface area contributed by atoms with Crippen LogP contribution in [0.1, 0.15) is 19.8 Å². The molecule has 1 N–H and O–H groups in total. The second-order valence-corrected chi connectivity index (χ2v) is 5.00. The zero-order valence-corrected chi connectivity index (χ0v) is 11.6. The van der Waals surface area contributed by atoms with Gasteiger partial charge in [-0.05, 0) is 19.4 Å². The van der Waals surface area contributed by atoms with E-state index >= 15 is 0 Å². The van der Waals surface area contributed by atoms with Crippen molar-refractivity contribution < 1.29 is 4.92 Å². The highest BCUT2D eigenvalue weighted by molar-refractivity contribution is 6.30. The van der Waals surface area contributed by atoms with Crippen molar-refractivity contribution in [3.8, 4) is 0 Å². The SMILES string of the molecule is CCN(CCNc1ncc(Cl)cc1[N+](=O)[O-])C1CC1. The van der Waals surface area contributed by atoms with E-state index < -0.39 is 4.92 Å². The van der Waals surface area contributed by atoms with Crippen LogP contribution < -0.4 is 5.32 Å². The standard InChI is InChI=1S/C12H17ClN4O2/c1-2-16(10-3-4-10)6-5-14-12-11(17(18)19)7-9(13)8-15-12/h7-8,10H,2-6H2,1H3,(H,14,15). The summed E-state index contributed by atoms with van der Waals surface area (Å²) < 4.78 is 0. The Morgan fingerprint density at radius 1 is 1.63 bits per heavy atom. The molecule has 0 aromatic carbocycles. The van der Waals surface area contributed by atoms with E-state index in [-0.39, 0.29) is 16.5 Å². The molecule has 7 heteroatoms. The van der Waals surface area contributed by atoms with E-state index in [4.69, 9.17) is 11.6 Å². The monoisotopic (exact) mass is 284 g/mol. The number of halogens is 1. The van der Waals surface area contributed by atoms with Gasteiger partial charge in [-0.25, -0.2) is 4.98 Å². The number of hydrogen-bond acceptors (Lipinski definition) is 5. The van der Waals surface area contributed by atoms with Crippen LogP contribution in [0.5, 0.6) is 0 Å². The summed E-state index contributed by atoms with van der Waals surface area (Å²) in [6.07, 6.45) is 3.93. The summed E-state index contributed by atoms with van der Waals surface area (Å²) in [5.74, 6) is 0.279. The Labute approximate surface area is 116 Å². The third kappa shape index (κ3) is 3.78. The molecule has 104 valence electrons. The number of nitrogens with zero attached hydrogens (tertiary/aromatic N) is 3. The second-order valence-electron chi connectivity index (χ2n) is 4.56. The number of nitro groups is 1. The third-order valence-corrected chi connectivity index (χ3v) is 3.40. The fraction of sp³-hybridized carbons (Fsp3) is 0.583. The van der Waals surface area contributed by atoms with Crippen molar-refractivity contribution in [3.63, 3.8) is 0 Å². The first-order chi connectivity index (χ1) is 9.11. The lowest BCUT2D eigenvalue weighted by Crippen LogP contribution is -2.31. The van der Waals surface area contributed by atoms with Crippen LogP contribution in [0.15, 0.2) is 12.3 Å². The predicted molar refractivity (Wildman–Crippen MR) is 74.7 cm³/mol. The average molecular weight is 285 g/mol. The Morgan fingerprint density at radius 2 is 2.37 bits per heavy atom. The van der Waals surface area contributed by atoms with Gasteiger partial charge < -0.3 is 5.32 Å². The van der Waals surface area contributed by atoms with Gasteiger partial charge in [0, 0.05) is 31.4 Å². The molecule has 0 saturated heterocycles. The summed E-state index contributed by atoms with van der Waals surface area (Å²) >= 11 is 5.71. The van der Waals surface area contributed by atoms with E-state index in [0.717, 1.165) is 13.1 Å². The van der Waals surface area contributed by atoms with Gasteiger partial charge in [-0.2, -0.15) is 0 Å². The van der Waals surface area contributed by atoms with E-state index in [0.29, 0.717) is 12.6 Å². The molecule has 0 aliphatic heterocycles. The molecule has 1 heterocycles. The first-order valence-electron chi connectivity index (χ1n) is 6.39. The molecule has 1 aromatic rings. The molecule has 6 nitrogen and oxygen atoms in total. The molecule has 0 bridgehead atoms. The van der Waals surface area contributed by atoms with E-state index in [1.54, 1.807) is 0 Å². The maximum Gasteiger partial charge on any atom is 0.312 e. The molecule has 0 amide bonds. The van der Waals surface area contributed by atoms with Gasteiger partial charge in [0.25, 0.3) is 0 Å². The fourth-order valence-corrected chi connectivity index (χ4v) is 2.21. The molecule has 1 aliphatic carbocycles. The quantitative estimate of drug-likeness (QED) is 0.615. The largest absolute Gasteiger partial charge is 0.363 e. The Bertz CT molecular complexity index is 465. The highest BCUT2D eigenvalue weighted by Crippen LogP contribution is 2.27. The van der Waals surface area contributed by atoms with E-state index in [2.05, 4.69) is 22.1 Å². The van der Waals surface area contributed by atoms with Gasteiger partial charge in [0.05, 0.1) is 9.95 Å². The van der Waals surface area contributed by atoms with E-state index in [9.17, 15) is 10.1 Å². The maximum absolute atomic E-state index is 10.9. The minimum Gasteiger partial charge on any atom is -0.363 e. The molecule has 1 aliphatic rings. The first-order valence-corrected chi connectivity index (χ1v) is 6.77. The normalized spacial score (nSPS) is 14.7. The van der Waals surface area contributed by atoms with Crippen LogP contribution in [0.3, 0.4) is 0 Å². The van der Waals surface area contributed by atoms with Crippen LogP contribution in [0.4, 0.5) is 11.5 Å². The minimum absolute atomic E-state index is 0.0815. The summed E-state index contributed by atoms with van der Waals surface area (Å²) in [6, 6.07) is 2.01. The molecule has 0 atom stereocenters. The number of hydrogen-bond donors (Lipinski definition) is 1. The fourth-order valence-electron chi connectivity index (χ4n) is 2.06. The molecule has 0 spiro atoms. The van der Waals surface area contributed by atoms with Crippen LogP contribution in [0.2, 0.25) is 5.02 Å². The van der Waals surface area contributed by atoms with Crippen molar-refractivity contribution in [2.75, 3.05) is 25.0 Å². The summed E-state index contributed by atoms with van der Waals surface area (Å²) in [5, 5.41) is 14.2. The van der Waals surface area contributed by atoms with Crippen molar-refractivity contribution in [1.82, 2.24) is 9.88 Å². The first kappa shape index (κ1) is 14.0. The van der Waals surface area contributed by atoms with Crippen LogP contribution in [0.25, 0.3) is 0 Å². The highest BCUT2D eigenvalue weighted by Gasteiger charge is 2.27. The van der Waals surface area contributed by atoms with Crippen molar-refractivity contribution >= 4 is 23.1 Å². The number of anilines is 1. The Morgan fingerprint density at radius 3 is 2.95 bits per heavy atom. The molecule has 0 unspecified atom stereocenters. The molecular formula is C12H17ClN4O2. The Kier molecular flexibility index (Phi) is 4.55. The van der Waals surface area contributed by atoms with Gasteiger partial charge in [-0.15, -0.1) is 0 Å². The van der Waals surface area contributed by atoms with Crippen molar-refractivity contribution in [2.24, 2.45) is 0 Å². The van der Waals surface area contributed by atoms with Crippen LogP contribution in [0, 0.1) is 10.1 Å². The van der Waals surface area contributed by atoms with E-state index in [1.165, 1.54) is 25.1 Å². The Hall–Kier alpha value is -1.40. The van der Waals surface area contributed by atoms with Crippen molar-refractivity contribution in [3.05, 3.63) is 27.4 Å². The van der Waals surface area contributed by atoms with Crippen molar-refractivity contribution in [2.45, 2.75) is 25.8 Å². The maximum atomic E-state index is 10.9. The summed E-state index contributed by atoms with van der Waals surface area (Å²) in [7, 11) is 0. The molecule has 1 aromatic heterocycles. The smallest absolute Gasteiger partial charge is 0.312 e. The molecule has 0 radical (unpaired) electrons. The lowest BCUT2D eigenvalue weighted by Gasteiger charge is -2.19. The predicted octanol–water partition coefficient (Wildman–Crippen LogP) is 2.54. The van der Waals surface area contributed by atoms with Gasteiger partial charge in [0.2, 0.25) is 5.82 Å². The lowest BCUT2D eigenvalue weighted by molar-refractivity contribution is -0.384. The molecule has 1 fully saturated rings. The van der Waals surface area contributed by atoms with Gasteiger partial charge in [-0.3, -0.25) is 15.0 Å². The molecular weight excluding hydrogens is 268 g/mol. The van der Waals surface area contributed by atoms with Gasteiger partial charge in [-0.1, -0.05) is 18.5 Å². The van der Waals surface area contributed by atoms with Crippen LogP contribution in [-0.4, -0.2) is 40.5 Å². The minimum atomic E-state index is -0.473. The zero-order chi connectivity index (χ0) is 13.8. The summed E-state index contributed by atoms with van der Waals surface area (Å²) in [6.45, 7) is 4.63. The summed E-state index contributed by atoms with van der Waals surface area (Å²) in [5.41, 5.74) is -0.0815. The molecule has 19 heavy (non-hydrogen) atoms. The number of rotatable bonds is 7. The zero-order valence-electron chi connectivity index (χ0n) is 10.8. The second kappa shape index (κ2) is 6.16. The van der Waals surface area contributed by atoms with Gasteiger partial charge >= 0.3 is 5.69 Å². The lowest BCUT2D eigenvalue weighted by atomic mass is 10.4. The van der Waals surface area contributed by atoms with Crippen LogP contribution >= 0.6 is 11.6 Å². The van der Waals surface area contributed by atoms with E-state index in [1.807, 2.05) is 0 Å². The Balaban J connectivity index is 1.93. The highest BCUT2D eigenvalue weighted by atomic mass is 35.5. The topological polar surface area (TPSA) is 71.3 Å². The number of nitrogens with one attached hydrogen (secondary N) is 1. The molecule has 2 rings (SSSR count). The van der Waals surface area contributed by atoms with Crippen molar-refractivity contribution in [1.29, 1.82) is 0 Å². The number of aromatic nitrogens is 1. The number of pyridine rings is 1. The third-order valence-electron chi connectivity index (χ3n) is 3.19. The molecule has 1 saturated carbocycles. The van der Waals surface area contributed by atoms with Gasteiger partial charge in [0.1, 0.15) is 0 Å². The summed E-state index contributed by atoms with van der Waals surface area (Å²) in [4.78, 5) is 16.8. The van der Waals surface area contributed by atoms with Crippen LogP contribution in [-0.2, 0) is 0 Å².